The van der Waals surface area contributed by atoms with Crippen molar-refractivity contribution in [3.63, 3.8) is 0 Å². The van der Waals surface area contributed by atoms with Gasteiger partial charge in [-0.05, 0) is 31.4 Å². The third-order valence-electron chi connectivity index (χ3n) is 2.07. The summed E-state index contributed by atoms with van der Waals surface area (Å²) in [6, 6.07) is 2.43. The molecule has 0 N–H and O–H groups in total. The zero-order valence-electron chi connectivity index (χ0n) is 9.49. The molecule has 0 atom stereocenters. The van der Waals surface area contributed by atoms with Crippen molar-refractivity contribution in [3.8, 4) is 0 Å². The van der Waals surface area contributed by atoms with Crippen LogP contribution in [0, 0.1) is 5.21 Å². The Morgan fingerprint density at radius 2 is 1.93 bits per heavy atom. The van der Waals surface area contributed by atoms with Crippen LogP contribution in [0.4, 0.5) is 0 Å². The minimum absolute atomic E-state index is 0.486. The lowest BCUT2D eigenvalue weighted by molar-refractivity contribution is -0.451. The summed E-state index contributed by atoms with van der Waals surface area (Å²) in [5.74, 6) is 0. The summed E-state index contributed by atoms with van der Waals surface area (Å²) in [4.78, 5) is 6.06. The molecular formula is C10H21N3O. The third-order valence-corrected chi connectivity index (χ3v) is 2.07. The minimum Gasteiger partial charge on any atom is -0.708 e. The highest BCUT2D eigenvalue weighted by atomic mass is 16.5. The SMILES string of the molecule is CCN=C=[N+]([O-])CCCN(CC)CC. The van der Waals surface area contributed by atoms with Crippen molar-refractivity contribution in [2.75, 3.05) is 32.7 Å². The van der Waals surface area contributed by atoms with Crippen molar-refractivity contribution >= 4 is 6.01 Å². The molecule has 0 bridgehead atoms. The molecule has 14 heavy (non-hydrogen) atoms. The predicted octanol–water partition coefficient (Wildman–Crippen LogP) is 1.42. The van der Waals surface area contributed by atoms with E-state index in [-0.39, 0.29) is 0 Å². The molecule has 0 aromatic carbocycles. The monoisotopic (exact) mass is 199 g/mol. The molecule has 0 spiro atoms. The van der Waals surface area contributed by atoms with Crippen LogP contribution in [-0.4, -0.2) is 48.4 Å². The Bertz CT molecular complexity index is 194. The van der Waals surface area contributed by atoms with Gasteiger partial charge in [0.05, 0.1) is 6.54 Å². The topological polar surface area (TPSA) is 41.7 Å². The molecule has 0 saturated heterocycles. The fourth-order valence-electron chi connectivity index (χ4n) is 1.18. The van der Waals surface area contributed by atoms with Crippen molar-refractivity contribution in [2.45, 2.75) is 27.2 Å². The average Bonchev–Trinajstić information content (AvgIpc) is 2.21. The second-order valence-corrected chi connectivity index (χ2v) is 3.06. The molecule has 0 unspecified atom stereocenters. The van der Waals surface area contributed by atoms with E-state index in [4.69, 9.17) is 0 Å². The first-order valence-corrected chi connectivity index (χ1v) is 5.33. The Labute approximate surface area is 86.5 Å². The van der Waals surface area contributed by atoms with Crippen molar-refractivity contribution in [1.82, 2.24) is 4.90 Å². The molecule has 0 radical (unpaired) electrons. The fraction of sp³-hybridized carbons (Fsp3) is 0.900. The number of rotatable bonds is 7. The Kier molecular flexibility index (Phi) is 8.19. The second-order valence-electron chi connectivity index (χ2n) is 3.06. The first kappa shape index (κ1) is 13.1. The molecule has 0 aliphatic heterocycles. The van der Waals surface area contributed by atoms with Gasteiger partial charge in [0.25, 0.3) is 0 Å². The zero-order valence-corrected chi connectivity index (χ0v) is 9.49. The van der Waals surface area contributed by atoms with Gasteiger partial charge in [0.1, 0.15) is 6.54 Å². The van der Waals surface area contributed by atoms with Crippen LogP contribution in [0.1, 0.15) is 27.2 Å². The van der Waals surface area contributed by atoms with Crippen molar-refractivity contribution in [2.24, 2.45) is 4.99 Å². The molecular weight excluding hydrogens is 178 g/mol. The van der Waals surface area contributed by atoms with E-state index in [1.807, 2.05) is 6.92 Å². The van der Waals surface area contributed by atoms with Crippen molar-refractivity contribution in [3.05, 3.63) is 5.21 Å². The molecule has 0 aliphatic rings. The summed E-state index contributed by atoms with van der Waals surface area (Å²) in [6.45, 7) is 10.3. The largest absolute Gasteiger partial charge is 0.708 e. The summed E-state index contributed by atoms with van der Waals surface area (Å²) in [6.07, 6.45) is 0.872. The van der Waals surface area contributed by atoms with Gasteiger partial charge in [-0.2, -0.15) is 0 Å². The quantitative estimate of drug-likeness (QED) is 0.269. The van der Waals surface area contributed by atoms with E-state index in [1.165, 1.54) is 0 Å². The van der Waals surface area contributed by atoms with E-state index in [1.54, 1.807) is 0 Å². The minimum atomic E-state index is 0.486. The zero-order chi connectivity index (χ0) is 10.8. The number of hydroxylamine groups is 1. The molecule has 82 valence electrons. The number of hydrogen-bond donors (Lipinski definition) is 0. The third kappa shape index (κ3) is 6.63. The van der Waals surface area contributed by atoms with Gasteiger partial charge in [0.15, 0.2) is 0 Å². The molecule has 0 aromatic heterocycles. The van der Waals surface area contributed by atoms with Gasteiger partial charge in [-0.3, -0.25) is 0 Å². The van der Waals surface area contributed by atoms with Crippen LogP contribution >= 0.6 is 0 Å². The van der Waals surface area contributed by atoms with Crippen molar-refractivity contribution < 1.29 is 4.74 Å². The lowest BCUT2D eigenvalue weighted by atomic mass is 10.4. The summed E-state index contributed by atoms with van der Waals surface area (Å²) in [7, 11) is 0. The van der Waals surface area contributed by atoms with Crippen molar-refractivity contribution in [1.29, 1.82) is 0 Å². The molecule has 4 heteroatoms. The maximum Gasteiger partial charge on any atom is 0.310 e. The van der Waals surface area contributed by atoms with E-state index in [0.29, 0.717) is 13.1 Å². The van der Waals surface area contributed by atoms with Crippen LogP contribution in [0.3, 0.4) is 0 Å². The van der Waals surface area contributed by atoms with Gasteiger partial charge in [-0.25, -0.2) is 4.74 Å². The van der Waals surface area contributed by atoms with E-state index in [2.05, 4.69) is 29.7 Å². The van der Waals surface area contributed by atoms with Crippen LogP contribution in [0.2, 0.25) is 0 Å². The number of aliphatic imine (C=N–C) groups is 1. The molecule has 0 saturated carbocycles. The molecule has 0 aliphatic carbocycles. The van der Waals surface area contributed by atoms with Crippen LogP contribution in [0.15, 0.2) is 4.99 Å². The van der Waals surface area contributed by atoms with Gasteiger partial charge in [-0.1, -0.05) is 13.8 Å². The smallest absolute Gasteiger partial charge is 0.310 e. The Balaban J connectivity index is 3.67. The number of nitrogens with zero attached hydrogens (tertiary/aromatic N) is 3. The summed E-state index contributed by atoms with van der Waals surface area (Å²) < 4.78 is 0.785. The normalized spacial score (nSPS) is 10.0. The summed E-state index contributed by atoms with van der Waals surface area (Å²) >= 11 is 0. The van der Waals surface area contributed by atoms with Gasteiger partial charge in [0, 0.05) is 6.54 Å². The fourth-order valence-corrected chi connectivity index (χ4v) is 1.18. The van der Waals surface area contributed by atoms with Crippen LogP contribution in [0.25, 0.3) is 0 Å². The standard InChI is InChI=1S/C10H21N3O/c1-4-11-10-13(14)9-7-8-12(5-2)6-3/h4-9H2,1-3H3. The Morgan fingerprint density at radius 1 is 1.29 bits per heavy atom. The summed E-state index contributed by atoms with van der Waals surface area (Å²) in [5, 5.41) is 11.1. The van der Waals surface area contributed by atoms with E-state index < -0.39 is 0 Å². The second kappa shape index (κ2) is 8.73. The van der Waals surface area contributed by atoms with E-state index in [9.17, 15) is 5.21 Å². The average molecular weight is 199 g/mol. The predicted molar refractivity (Wildman–Crippen MR) is 58.9 cm³/mol. The molecule has 0 aromatic rings. The molecule has 0 rings (SSSR count). The maximum absolute atomic E-state index is 11.1. The molecule has 0 amide bonds. The van der Waals surface area contributed by atoms with Crippen LogP contribution < -0.4 is 0 Å². The lowest BCUT2D eigenvalue weighted by Gasteiger charge is -2.17. The van der Waals surface area contributed by atoms with Crippen LogP contribution in [0.5, 0.6) is 0 Å². The van der Waals surface area contributed by atoms with Gasteiger partial charge in [-0.15, -0.1) is 0 Å². The lowest BCUT2D eigenvalue weighted by Crippen LogP contribution is -2.25. The van der Waals surface area contributed by atoms with E-state index in [0.717, 1.165) is 30.8 Å². The number of hydrogen-bond acceptors (Lipinski definition) is 3. The first-order valence-electron chi connectivity index (χ1n) is 5.33. The Hall–Kier alpha value is -0.860. The van der Waals surface area contributed by atoms with Gasteiger partial charge < -0.3 is 10.1 Å². The highest BCUT2D eigenvalue weighted by Gasteiger charge is 1.98. The van der Waals surface area contributed by atoms with E-state index >= 15 is 0 Å². The van der Waals surface area contributed by atoms with Crippen LogP contribution in [-0.2, 0) is 0 Å². The molecule has 0 fully saturated rings. The molecule has 0 heterocycles. The van der Waals surface area contributed by atoms with Gasteiger partial charge >= 0.3 is 6.01 Å². The summed E-state index contributed by atoms with van der Waals surface area (Å²) in [5.41, 5.74) is 0. The highest BCUT2D eigenvalue weighted by molar-refractivity contribution is 5.33. The molecule has 4 nitrogen and oxygen atoms in total. The highest BCUT2D eigenvalue weighted by Crippen LogP contribution is 1.90. The van der Waals surface area contributed by atoms with Gasteiger partial charge in [0.2, 0.25) is 0 Å². The first-order chi connectivity index (χ1) is 6.74. The Morgan fingerprint density at radius 3 is 2.43 bits per heavy atom. The maximum atomic E-state index is 11.1.